The number of hydrazine groups is 1. The highest BCUT2D eigenvalue weighted by Crippen LogP contribution is 2.33. The van der Waals surface area contributed by atoms with Crippen LogP contribution >= 0.6 is 27.7 Å². The summed E-state index contributed by atoms with van der Waals surface area (Å²) in [5.74, 6) is 5.74. The average Bonchev–Trinajstić information content (AvgIpc) is 2.49. The topological polar surface area (TPSA) is 63.8 Å². The molecule has 3 rings (SSSR count). The molecule has 3 aromatic rings. The average molecular weight is 347 g/mol. The summed E-state index contributed by atoms with van der Waals surface area (Å²) in [4.78, 5) is 9.49. The van der Waals surface area contributed by atoms with Gasteiger partial charge in [0.1, 0.15) is 5.03 Å². The van der Waals surface area contributed by atoms with E-state index in [0.717, 1.165) is 14.4 Å². The lowest BCUT2D eigenvalue weighted by molar-refractivity contribution is 1.01. The number of rotatable bonds is 3. The van der Waals surface area contributed by atoms with E-state index in [1.54, 1.807) is 18.0 Å². The molecule has 0 aliphatic carbocycles. The summed E-state index contributed by atoms with van der Waals surface area (Å²) in [6.45, 7) is 0. The van der Waals surface area contributed by atoms with Crippen molar-refractivity contribution >= 4 is 44.4 Å². The van der Waals surface area contributed by atoms with Gasteiger partial charge in [-0.3, -0.25) is 5.43 Å². The Hall–Kier alpha value is -1.63. The predicted molar refractivity (Wildman–Crippen MR) is 85.6 cm³/mol. The largest absolute Gasteiger partial charge is 0.292 e. The molecule has 6 heteroatoms. The van der Waals surface area contributed by atoms with Gasteiger partial charge in [-0.2, -0.15) is 0 Å². The molecule has 0 fully saturated rings. The third-order valence-electron chi connectivity index (χ3n) is 2.78. The third kappa shape index (κ3) is 2.77. The molecule has 1 heterocycles. The normalized spacial score (nSPS) is 10.7. The fourth-order valence-electron chi connectivity index (χ4n) is 1.84. The molecule has 0 saturated heterocycles. The first kappa shape index (κ1) is 13.4. The molecule has 2 aromatic carbocycles. The molecule has 0 radical (unpaired) electrons. The molecule has 0 unspecified atom stereocenters. The van der Waals surface area contributed by atoms with Gasteiger partial charge in [0.15, 0.2) is 0 Å². The number of halogens is 1. The second-order valence-electron chi connectivity index (χ2n) is 4.10. The zero-order valence-electron chi connectivity index (χ0n) is 10.4. The summed E-state index contributed by atoms with van der Waals surface area (Å²) in [5, 5.41) is 3.26. The number of hydrogen-bond donors (Lipinski definition) is 2. The fraction of sp³-hybridized carbons (Fsp3) is 0. The summed E-state index contributed by atoms with van der Waals surface area (Å²) < 4.78 is 0.842. The van der Waals surface area contributed by atoms with E-state index in [2.05, 4.69) is 61.7 Å². The van der Waals surface area contributed by atoms with Crippen molar-refractivity contribution in [3.8, 4) is 0 Å². The number of fused-ring (bicyclic) bond motifs is 1. The molecule has 4 nitrogen and oxygen atoms in total. The van der Waals surface area contributed by atoms with Crippen molar-refractivity contribution in [3.63, 3.8) is 0 Å². The van der Waals surface area contributed by atoms with Crippen LogP contribution in [0.25, 0.3) is 10.8 Å². The van der Waals surface area contributed by atoms with E-state index < -0.39 is 0 Å². The molecule has 20 heavy (non-hydrogen) atoms. The lowest BCUT2D eigenvalue weighted by atomic mass is 10.1. The van der Waals surface area contributed by atoms with Crippen LogP contribution < -0.4 is 11.3 Å². The smallest absolute Gasteiger partial charge is 0.238 e. The number of hydrogen-bond acceptors (Lipinski definition) is 5. The van der Waals surface area contributed by atoms with Crippen LogP contribution in [0.4, 0.5) is 5.95 Å². The maximum atomic E-state index is 5.34. The van der Waals surface area contributed by atoms with E-state index in [9.17, 15) is 0 Å². The Morgan fingerprint density at radius 3 is 2.70 bits per heavy atom. The van der Waals surface area contributed by atoms with E-state index in [0.29, 0.717) is 5.95 Å². The van der Waals surface area contributed by atoms with Gasteiger partial charge in [0.05, 0.1) is 4.47 Å². The molecule has 0 saturated carbocycles. The molecule has 0 bridgehead atoms. The minimum atomic E-state index is 0.400. The Balaban J connectivity index is 1.96. The Morgan fingerprint density at radius 2 is 1.90 bits per heavy atom. The summed E-state index contributed by atoms with van der Waals surface area (Å²) in [6.07, 6.45) is 1.69. The van der Waals surface area contributed by atoms with Gasteiger partial charge in [0, 0.05) is 11.1 Å². The zero-order valence-corrected chi connectivity index (χ0v) is 12.8. The van der Waals surface area contributed by atoms with E-state index in [1.807, 2.05) is 12.1 Å². The second kappa shape index (κ2) is 5.78. The van der Waals surface area contributed by atoms with Gasteiger partial charge in [-0.1, -0.05) is 42.1 Å². The third-order valence-corrected chi connectivity index (χ3v) is 4.61. The van der Waals surface area contributed by atoms with E-state index in [-0.39, 0.29) is 0 Å². The number of nitrogen functional groups attached to an aromatic ring is 1. The van der Waals surface area contributed by atoms with Crippen molar-refractivity contribution in [2.75, 3.05) is 5.43 Å². The van der Waals surface area contributed by atoms with Gasteiger partial charge in [-0.05, 0) is 38.8 Å². The van der Waals surface area contributed by atoms with Crippen molar-refractivity contribution in [1.29, 1.82) is 0 Å². The molecule has 0 aliphatic rings. The summed E-state index contributed by atoms with van der Waals surface area (Å²) in [5.41, 5.74) is 2.45. The maximum Gasteiger partial charge on any atom is 0.238 e. The van der Waals surface area contributed by atoms with Crippen LogP contribution in [0, 0.1) is 0 Å². The first-order valence-corrected chi connectivity index (χ1v) is 7.53. The fourth-order valence-corrected chi connectivity index (χ4v) is 3.10. The molecular weight excluding hydrogens is 336 g/mol. The lowest BCUT2D eigenvalue weighted by Crippen LogP contribution is -2.10. The number of nitrogens with zero attached hydrogens (tertiary/aromatic N) is 2. The minimum Gasteiger partial charge on any atom is -0.292 e. The first-order valence-electron chi connectivity index (χ1n) is 5.92. The van der Waals surface area contributed by atoms with Crippen molar-refractivity contribution in [2.45, 2.75) is 9.92 Å². The monoisotopic (exact) mass is 346 g/mol. The lowest BCUT2D eigenvalue weighted by Gasteiger charge is -2.06. The highest BCUT2D eigenvalue weighted by molar-refractivity contribution is 9.10. The Labute approximate surface area is 128 Å². The molecule has 0 atom stereocenters. The van der Waals surface area contributed by atoms with Crippen LogP contribution in [-0.4, -0.2) is 9.97 Å². The molecule has 100 valence electrons. The van der Waals surface area contributed by atoms with Crippen molar-refractivity contribution in [3.05, 3.63) is 53.1 Å². The van der Waals surface area contributed by atoms with Crippen molar-refractivity contribution < 1.29 is 0 Å². The summed E-state index contributed by atoms with van der Waals surface area (Å²) >= 11 is 5.02. The van der Waals surface area contributed by atoms with E-state index >= 15 is 0 Å². The van der Waals surface area contributed by atoms with Crippen LogP contribution in [0.2, 0.25) is 0 Å². The minimum absolute atomic E-state index is 0.400. The van der Waals surface area contributed by atoms with Gasteiger partial charge in [-0.15, -0.1) is 0 Å². The number of aromatic nitrogens is 2. The van der Waals surface area contributed by atoms with Gasteiger partial charge in [-0.25, -0.2) is 15.8 Å². The SMILES string of the molecule is NNc1ncc(Br)c(Sc2ccc3ccccc3c2)n1. The van der Waals surface area contributed by atoms with Crippen LogP contribution in [0.15, 0.2) is 63.1 Å². The molecular formula is C14H11BrN4S. The summed E-state index contributed by atoms with van der Waals surface area (Å²) in [6, 6.07) is 14.6. The van der Waals surface area contributed by atoms with Crippen LogP contribution in [0.1, 0.15) is 0 Å². The Bertz CT molecular complexity index is 763. The predicted octanol–water partition coefficient (Wildman–Crippen LogP) is 3.83. The molecule has 0 spiro atoms. The first-order chi connectivity index (χ1) is 9.76. The number of anilines is 1. The van der Waals surface area contributed by atoms with Crippen LogP contribution in [0.3, 0.4) is 0 Å². The molecule has 1 aromatic heterocycles. The van der Waals surface area contributed by atoms with Gasteiger partial charge >= 0.3 is 0 Å². The number of nitrogens with two attached hydrogens (primary N) is 1. The van der Waals surface area contributed by atoms with Crippen molar-refractivity contribution in [2.24, 2.45) is 5.84 Å². The molecule has 0 aliphatic heterocycles. The standard InChI is InChI=1S/C14H11BrN4S/c15-12-8-17-14(19-16)18-13(12)20-11-6-5-9-3-1-2-4-10(9)7-11/h1-8H,16H2,(H,17,18,19). The van der Waals surface area contributed by atoms with Crippen molar-refractivity contribution in [1.82, 2.24) is 9.97 Å². The highest BCUT2D eigenvalue weighted by atomic mass is 79.9. The Kier molecular flexibility index (Phi) is 3.86. The van der Waals surface area contributed by atoms with Gasteiger partial charge in [0.2, 0.25) is 5.95 Å². The van der Waals surface area contributed by atoms with Crippen LogP contribution in [0.5, 0.6) is 0 Å². The van der Waals surface area contributed by atoms with Gasteiger partial charge in [0.25, 0.3) is 0 Å². The quantitative estimate of drug-likeness (QED) is 0.428. The number of nitrogens with one attached hydrogen (secondary N) is 1. The van der Waals surface area contributed by atoms with E-state index in [1.165, 1.54) is 10.8 Å². The maximum absolute atomic E-state index is 5.34. The Morgan fingerprint density at radius 1 is 1.10 bits per heavy atom. The second-order valence-corrected chi connectivity index (χ2v) is 6.02. The van der Waals surface area contributed by atoms with Gasteiger partial charge < -0.3 is 0 Å². The number of benzene rings is 2. The van der Waals surface area contributed by atoms with E-state index in [4.69, 9.17) is 5.84 Å². The summed E-state index contributed by atoms with van der Waals surface area (Å²) in [7, 11) is 0. The highest BCUT2D eigenvalue weighted by Gasteiger charge is 2.07. The molecule has 0 amide bonds. The molecule has 3 N–H and O–H groups in total. The zero-order chi connectivity index (χ0) is 13.9. The van der Waals surface area contributed by atoms with Crippen LogP contribution in [-0.2, 0) is 0 Å².